The van der Waals surface area contributed by atoms with E-state index >= 15 is 0 Å². The molecule has 7 nitrogen and oxygen atoms in total. The van der Waals surface area contributed by atoms with Crippen LogP contribution >= 0.6 is 0 Å². The number of imidazole rings is 1. The molecule has 2 heterocycles. The molecule has 0 saturated heterocycles. The van der Waals surface area contributed by atoms with Crippen LogP contribution in [0.2, 0.25) is 0 Å². The molecule has 0 saturated carbocycles. The number of hydrogen-bond donors (Lipinski definition) is 3. The zero-order valence-corrected chi connectivity index (χ0v) is 14.7. The number of amides is 1. The second kappa shape index (κ2) is 7.63. The van der Waals surface area contributed by atoms with E-state index in [4.69, 9.17) is 4.74 Å². The van der Waals surface area contributed by atoms with Crippen molar-refractivity contribution in [3.8, 4) is 22.8 Å². The molecule has 4 rings (SSSR count). The number of carbonyl (C=O) groups is 1. The highest BCUT2D eigenvalue weighted by Gasteiger charge is 2.12. The molecule has 0 fully saturated rings. The lowest BCUT2D eigenvalue weighted by Crippen LogP contribution is -2.15. The fourth-order valence-electron chi connectivity index (χ4n) is 2.61. The van der Waals surface area contributed by atoms with Gasteiger partial charge in [0.2, 0.25) is 5.56 Å². The number of H-pyrrole nitrogens is 2. The van der Waals surface area contributed by atoms with Crippen molar-refractivity contribution in [1.82, 2.24) is 15.0 Å². The van der Waals surface area contributed by atoms with Crippen LogP contribution in [0.25, 0.3) is 11.3 Å². The Morgan fingerprint density at radius 2 is 1.79 bits per heavy atom. The third-order valence-electron chi connectivity index (χ3n) is 3.96. The van der Waals surface area contributed by atoms with Crippen LogP contribution in [0.5, 0.6) is 11.5 Å². The molecule has 0 atom stereocenters. The molecule has 28 heavy (non-hydrogen) atoms. The van der Waals surface area contributed by atoms with Crippen LogP contribution in [-0.4, -0.2) is 20.9 Å². The number of aromatic amines is 2. The minimum Gasteiger partial charge on any atom is -0.457 e. The average Bonchev–Trinajstić information content (AvgIpc) is 3.21. The Morgan fingerprint density at radius 1 is 0.964 bits per heavy atom. The van der Waals surface area contributed by atoms with Gasteiger partial charge in [-0.25, -0.2) is 4.98 Å². The quantitative estimate of drug-likeness (QED) is 0.496. The monoisotopic (exact) mass is 372 g/mol. The molecule has 0 unspecified atom stereocenters. The Morgan fingerprint density at radius 3 is 2.57 bits per heavy atom. The van der Waals surface area contributed by atoms with Gasteiger partial charge in [0.1, 0.15) is 11.5 Å². The molecular formula is C21H16N4O3. The topological polar surface area (TPSA) is 99.9 Å². The summed E-state index contributed by atoms with van der Waals surface area (Å²) < 4.78 is 5.84. The van der Waals surface area contributed by atoms with Gasteiger partial charge in [0, 0.05) is 17.8 Å². The fourth-order valence-corrected chi connectivity index (χ4v) is 2.61. The highest BCUT2D eigenvalue weighted by atomic mass is 16.5. The number of benzene rings is 2. The normalized spacial score (nSPS) is 10.4. The van der Waals surface area contributed by atoms with Crippen LogP contribution < -0.4 is 15.6 Å². The largest absolute Gasteiger partial charge is 0.457 e. The predicted octanol–water partition coefficient (Wildman–Crippen LogP) is 3.81. The molecule has 4 aromatic rings. The molecular weight excluding hydrogens is 356 g/mol. The summed E-state index contributed by atoms with van der Waals surface area (Å²) in [6.45, 7) is 0. The maximum atomic E-state index is 12.3. The van der Waals surface area contributed by atoms with Gasteiger partial charge in [0.15, 0.2) is 5.82 Å². The Kier molecular flexibility index (Phi) is 4.71. The first kappa shape index (κ1) is 17.3. The SMILES string of the molecule is O=C(Nc1ccc(=O)[nH]c1)c1ncc(-c2cccc(Oc3ccccc3)c2)[nH]1. The lowest BCUT2D eigenvalue weighted by Gasteiger charge is -2.06. The van der Waals surface area contributed by atoms with Crippen LogP contribution in [0, 0.1) is 0 Å². The van der Waals surface area contributed by atoms with Crippen molar-refractivity contribution in [3.63, 3.8) is 0 Å². The third-order valence-corrected chi connectivity index (χ3v) is 3.96. The van der Waals surface area contributed by atoms with Crippen molar-refractivity contribution >= 4 is 11.6 Å². The first-order chi connectivity index (χ1) is 13.7. The third kappa shape index (κ3) is 3.99. The number of anilines is 1. The highest BCUT2D eigenvalue weighted by Crippen LogP contribution is 2.26. The van der Waals surface area contributed by atoms with E-state index in [0.29, 0.717) is 17.1 Å². The molecule has 2 aromatic heterocycles. The zero-order valence-electron chi connectivity index (χ0n) is 14.7. The summed E-state index contributed by atoms with van der Waals surface area (Å²) in [5, 5.41) is 2.67. The van der Waals surface area contributed by atoms with E-state index in [0.717, 1.165) is 11.3 Å². The van der Waals surface area contributed by atoms with Crippen LogP contribution in [0.4, 0.5) is 5.69 Å². The second-order valence-electron chi connectivity index (χ2n) is 5.98. The molecule has 1 amide bonds. The summed E-state index contributed by atoms with van der Waals surface area (Å²) in [5.41, 5.74) is 1.76. The number of hydrogen-bond acceptors (Lipinski definition) is 4. The maximum absolute atomic E-state index is 12.3. The lowest BCUT2D eigenvalue weighted by atomic mass is 10.1. The van der Waals surface area contributed by atoms with Crippen LogP contribution in [0.15, 0.2) is 83.9 Å². The molecule has 0 spiro atoms. The number of carbonyl (C=O) groups excluding carboxylic acids is 1. The predicted molar refractivity (Wildman–Crippen MR) is 106 cm³/mol. The molecule has 0 aliphatic carbocycles. The molecule has 7 heteroatoms. The Balaban J connectivity index is 1.50. The van der Waals surface area contributed by atoms with Gasteiger partial charge in [-0.2, -0.15) is 0 Å². The highest BCUT2D eigenvalue weighted by molar-refractivity contribution is 6.01. The number of aromatic nitrogens is 3. The van der Waals surface area contributed by atoms with Gasteiger partial charge in [0.25, 0.3) is 5.91 Å². The van der Waals surface area contributed by atoms with Crippen molar-refractivity contribution < 1.29 is 9.53 Å². The van der Waals surface area contributed by atoms with E-state index in [-0.39, 0.29) is 11.4 Å². The van der Waals surface area contributed by atoms with Gasteiger partial charge in [0.05, 0.1) is 17.6 Å². The number of para-hydroxylation sites is 1. The van der Waals surface area contributed by atoms with Crippen molar-refractivity contribution in [2.75, 3.05) is 5.32 Å². The van der Waals surface area contributed by atoms with Crippen LogP contribution in [0.3, 0.4) is 0 Å². The first-order valence-corrected chi connectivity index (χ1v) is 8.56. The minimum absolute atomic E-state index is 0.163. The number of nitrogens with zero attached hydrogens (tertiary/aromatic N) is 1. The molecule has 138 valence electrons. The van der Waals surface area contributed by atoms with Gasteiger partial charge in [-0.15, -0.1) is 0 Å². The van der Waals surface area contributed by atoms with Gasteiger partial charge in [-0.3, -0.25) is 9.59 Å². The van der Waals surface area contributed by atoms with Gasteiger partial charge >= 0.3 is 0 Å². The van der Waals surface area contributed by atoms with Crippen molar-refractivity contribution in [1.29, 1.82) is 0 Å². The summed E-state index contributed by atoms with van der Waals surface area (Å²) in [6, 6.07) is 19.8. The molecule has 2 aromatic carbocycles. The van der Waals surface area contributed by atoms with Crippen molar-refractivity contribution in [2.45, 2.75) is 0 Å². The van der Waals surface area contributed by atoms with Crippen molar-refractivity contribution in [2.24, 2.45) is 0 Å². The molecule has 0 radical (unpaired) electrons. The van der Waals surface area contributed by atoms with E-state index in [2.05, 4.69) is 20.3 Å². The summed E-state index contributed by atoms with van der Waals surface area (Å²) in [6.07, 6.45) is 3.01. The zero-order chi connectivity index (χ0) is 19.3. The average molecular weight is 372 g/mol. The van der Waals surface area contributed by atoms with Crippen LogP contribution in [0.1, 0.15) is 10.6 Å². The van der Waals surface area contributed by atoms with E-state index in [1.165, 1.54) is 18.3 Å². The molecule has 0 bridgehead atoms. The van der Waals surface area contributed by atoms with Crippen molar-refractivity contribution in [3.05, 3.63) is 95.3 Å². The number of ether oxygens (including phenoxy) is 1. The summed E-state index contributed by atoms with van der Waals surface area (Å²) in [4.78, 5) is 33.1. The van der Waals surface area contributed by atoms with E-state index in [1.807, 2.05) is 54.6 Å². The Hall–Kier alpha value is -4.13. The molecule has 3 N–H and O–H groups in total. The Bertz CT molecular complexity index is 1150. The van der Waals surface area contributed by atoms with E-state index < -0.39 is 5.91 Å². The minimum atomic E-state index is -0.407. The Labute approximate surface area is 160 Å². The summed E-state index contributed by atoms with van der Waals surface area (Å²) in [5.74, 6) is 1.17. The molecule has 0 aliphatic heterocycles. The standard InChI is InChI=1S/C21H16N4O3/c26-19-10-9-15(12-22-19)24-21(27)20-23-13-18(25-20)14-5-4-8-17(11-14)28-16-6-2-1-3-7-16/h1-13H,(H,22,26)(H,23,25)(H,24,27). The number of pyridine rings is 1. The van der Waals surface area contributed by atoms with Crippen LogP contribution in [-0.2, 0) is 0 Å². The maximum Gasteiger partial charge on any atom is 0.291 e. The molecule has 0 aliphatic rings. The first-order valence-electron chi connectivity index (χ1n) is 8.56. The summed E-state index contributed by atoms with van der Waals surface area (Å²) >= 11 is 0. The second-order valence-corrected chi connectivity index (χ2v) is 5.98. The lowest BCUT2D eigenvalue weighted by molar-refractivity contribution is 0.101. The van der Waals surface area contributed by atoms with Gasteiger partial charge < -0.3 is 20.0 Å². The van der Waals surface area contributed by atoms with E-state index in [9.17, 15) is 9.59 Å². The smallest absolute Gasteiger partial charge is 0.291 e. The van der Waals surface area contributed by atoms with Gasteiger partial charge in [-0.05, 0) is 30.3 Å². The van der Waals surface area contributed by atoms with E-state index in [1.54, 1.807) is 6.20 Å². The number of nitrogens with one attached hydrogen (secondary N) is 3. The number of rotatable bonds is 5. The fraction of sp³-hybridized carbons (Fsp3) is 0. The summed E-state index contributed by atoms with van der Waals surface area (Å²) in [7, 11) is 0. The van der Waals surface area contributed by atoms with Gasteiger partial charge in [-0.1, -0.05) is 30.3 Å².